The molecule has 0 aromatic carbocycles. The van der Waals surface area contributed by atoms with Gasteiger partial charge in [-0.15, -0.1) is 5.10 Å². The van der Waals surface area contributed by atoms with Crippen LogP contribution in [0.2, 0.25) is 5.02 Å². The maximum absolute atomic E-state index is 13.7. The molecule has 1 amide bonds. The van der Waals surface area contributed by atoms with E-state index in [-0.39, 0.29) is 12.1 Å². The van der Waals surface area contributed by atoms with Crippen molar-refractivity contribution < 1.29 is 18.7 Å². The molecule has 1 atom stereocenters. The van der Waals surface area contributed by atoms with Gasteiger partial charge in [0.15, 0.2) is 6.10 Å². The molecule has 0 aliphatic carbocycles. The first-order valence-electron chi connectivity index (χ1n) is 14.0. The Kier molecular flexibility index (Phi) is 8.05. The van der Waals surface area contributed by atoms with Crippen LogP contribution in [0, 0.1) is 29.5 Å². The fourth-order valence-corrected chi connectivity index (χ4v) is 5.37. The largest absolute Gasteiger partial charge is 0.480 e. The van der Waals surface area contributed by atoms with Crippen LogP contribution < -0.4 is 4.74 Å². The summed E-state index contributed by atoms with van der Waals surface area (Å²) in [6.45, 7) is 12.1. The molecule has 1 fully saturated rings. The van der Waals surface area contributed by atoms with Crippen molar-refractivity contribution in [3.8, 4) is 23.1 Å². The number of hydrogen-bond donors (Lipinski definition) is 0. The number of rotatable bonds is 6. The summed E-state index contributed by atoms with van der Waals surface area (Å²) >= 11 is 6.52. The highest BCUT2D eigenvalue weighted by Gasteiger charge is 2.35. The van der Waals surface area contributed by atoms with Crippen molar-refractivity contribution >= 4 is 23.2 Å². The fraction of sp³-hybridized carbons (Fsp3) is 0.467. The summed E-state index contributed by atoms with van der Waals surface area (Å²) in [5, 5.41) is 23.7. The molecule has 4 aromatic heterocycles. The summed E-state index contributed by atoms with van der Waals surface area (Å²) in [4.78, 5) is 18.4. The van der Waals surface area contributed by atoms with Crippen LogP contribution in [0.15, 0.2) is 36.8 Å². The predicted molar refractivity (Wildman–Crippen MR) is 157 cm³/mol. The van der Waals surface area contributed by atoms with E-state index in [2.05, 4.69) is 26.5 Å². The quantitative estimate of drug-likeness (QED) is 0.249. The van der Waals surface area contributed by atoms with E-state index in [1.54, 1.807) is 35.5 Å². The molecule has 0 saturated carbocycles. The summed E-state index contributed by atoms with van der Waals surface area (Å²) < 4.78 is 29.2. The van der Waals surface area contributed by atoms with Crippen LogP contribution in [0.1, 0.15) is 71.0 Å². The van der Waals surface area contributed by atoms with Crippen LogP contribution >= 0.6 is 11.6 Å². The molecule has 11 nitrogen and oxygen atoms in total. The zero-order valence-corrected chi connectivity index (χ0v) is 25.8. The van der Waals surface area contributed by atoms with Crippen molar-refractivity contribution in [1.82, 2.24) is 34.5 Å². The monoisotopic (exact) mass is 608 g/mol. The van der Waals surface area contributed by atoms with Crippen molar-refractivity contribution in [1.29, 1.82) is 5.26 Å². The van der Waals surface area contributed by atoms with Gasteiger partial charge in [0.2, 0.25) is 0 Å². The summed E-state index contributed by atoms with van der Waals surface area (Å²) in [6, 6.07) is 6.91. The van der Waals surface area contributed by atoms with Crippen LogP contribution in [0.25, 0.3) is 16.8 Å². The Hall–Kier alpha value is -4.24. The van der Waals surface area contributed by atoms with Crippen LogP contribution in [0.4, 0.5) is 9.18 Å². The number of piperidine rings is 1. The summed E-state index contributed by atoms with van der Waals surface area (Å²) in [7, 11) is 0. The lowest BCUT2D eigenvalue weighted by Gasteiger charge is -2.33. The van der Waals surface area contributed by atoms with Gasteiger partial charge >= 0.3 is 6.09 Å². The minimum Gasteiger partial charge on any atom is -0.480 e. The number of halogens is 2. The zero-order chi connectivity index (χ0) is 31.1. The third-order valence-corrected chi connectivity index (χ3v) is 7.68. The Morgan fingerprint density at radius 1 is 1.19 bits per heavy atom. The van der Waals surface area contributed by atoms with Crippen LogP contribution in [-0.4, -0.2) is 59.3 Å². The minimum atomic E-state index is -1.03. The van der Waals surface area contributed by atoms with Crippen LogP contribution in [-0.2, 0) is 4.74 Å². The molecule has 1 aliphatic rings. The molecule has 0 N–H and O–H groups in total. The van der Waals surface area contributed by atoms with Gasteiger partial charge in [0.25, 0.3) is 0 Å². The fourth-order valence-electron chi connectivity index (χ4n) is 5.15. The summed E-state index contributed by atoms with van der Waals surface area (Å²) in [5.41, 5.74) is 1.47. The van der Waals surface area contributed by atoms with Crippen molar-refractivity contribution in [3.05, 3.63) is 59.0 Å². The number of nitrogens with zero attached hydrogens (tertiary/aromatic N) is 8. The number of carbonyl (C=O) groups excluding carboxylic acids is 1. The molecule has 0 radical (unpaired) electrons. The molecule has 5 rings (SSSR count). The molecule has 43 heavy (non-hydrogen) atoms. The average Bonchev–Trinajstić information content (AvgIpc) is 3.53. The number of nitriles is 1. The molecule has 226 valence electrons. The minimum absolute atomic E-state index is 0.0592. The van der Waals surface area contributed by atoms with Crippen LogP contribution in [0.5, 0.6) is 5.75 Å². The topological polar surface area (TPSA) is 123 Å². The molecule has 5 heterocycles. The molecule has 0 spiro atoms. The molecule has 1 aliphatic heterocycles. The lowest BCUT2D eigenvalue weighted by Crippen LogP contribution is -2.42. The molecular weight excluding hydrogens is 575 g/mol. The zero-order valence-electron chi connectivity index (χ0n) is 25.0. The van der Waals surface area contributed by atoms with Gasteiger partial charge in [0.1, 0.15) is 28.4 Å². The highest BCUT2D eigenvalue weighted by molar-refractivity contribution is 6.34. The highest BCUT2D eigenvalue weighted by Crippen LogP contribution is 2.41. The van der Waals surface area contributed by atoms with Gasteiger partial charge in [-0.25, -0.2) is 18.4 Å². The van der Waals surface area contributed by atoms with Gasteiger partial charge in [-0.3, -0.25) is 4.98 Å². The second-order valence-corrected chi connectivity index (χ2v) is 12.7. The summed E-state index contributed by atoms with van der Waals surface area (Å²) in [6.07, 6.45) is 4.65. The Morgan fingerprint density at radius 3 is 2.53 bits per heavy atom. The lowest BCUT2D eigenvalue weighted by atomic mass is 9.86. The van der Waals surface area contributed by atoms with Crippen molar-refractivity contribution in [2.75, 3.05) is 13.1 Å². The van der Waals surface area contributed by atoms with Gasteiger partial charge in [0, 0.05) is 24.8 Å². The van der Waals surface area contributed by atoms with E-state index < -0.39 is 22.9 Å². The van der Waals surface area contributed by atoms with E-state index in [1.807, 2.05) is 32.4 Å². The second-order valence-electron chi connectivity index (χ2n) is 12.3. The lowest BCUT2D eigenvalue weighted by molar-refractivity contribution is 0.0183. The Labute approximate surface area is 254 Å². The number of aromatic nitrogens is 6. The van der Waals surface area contributed by atoms with E-state index in [4.69, 9.17) is 21.1 Å². The van der Waals surface area contributed by atoms with E-state index in [0.29, 0.717) is 59.2 Å². The second kappa shape index (κ2) is 11.4. The molecule has 0 bridgehead atoms. The third kappa shape index (κ3) is 6.27. The Bertz CT molecular complexity index is 1680. The van der Waals surface area contributed by atoms with E-state index in [9.17, 15) is 14.4 Å². The normalized spacial score (nSPS) is 15.4. The predicted octanol–water partition coefficient (Wildman–Crippen LogP) is 6.33. The number of likely N-dealkylation sites (tertiary alicyclic amines) is 1. The van der Waals surface area contributed by atoms with E-state index >= 15 is 0 Å². The number of fused-ring (bicyclic) bond motifs is 1. The van der Waals surface area contributed by atoms with Crippen molar-refractivity contribution in [2.24, 2.45) is 5.41 Å². The smallest absolute Gasteiger partial charge is 0.410 e. The standard InChI is InChI=1S/C30H34ClFN8O3/c1-18-25(36-37-40(18)21-9-11-38(12-10-21)28(41)43-29(2,3)4)19-13-24(26-22(31)15-35-39(26)16-19)42-27(30(5,6)17-33)23-8-7-20(32)14-34-23/h7-8,13-16,21,27H,9-12H2,1-6H3. The first-order valence-corrected chi connectivity index (χ1v) is 14.4. The number of pyridine rings is 2. The Morgan fingerprint density at radius 2 is 1.91 bits per heavy atom. The molecule has 4 aromatic rings. The molecule has 1 saturated heterocycles. The summed E-state index contributed by atoms with van der Waals surface area (Å²) in [5.74, 6) is -0.131. The maximum Gasteiger partial charge on any atom is 0.410 e. The van der Waals surface area contributed by atoms with Crippen LogP contribution in [0.3, 0.4) is 0 Å². The number of ether oxygens (including phenoxy) is 2. The van der Waals surface area contributed by atoms with Gasteiger partial charge in [-0.05, 0) is 72.6 Å². The molecule has 1 unspecified atom stereocenters. The first-order chi connectivity index (χ1) is 20.3. The van der Waals surface area contributed by atoms with Gasteiger partial charge in [-0.1, -0.05) is 16.8 Å². The van der Waals surface area contributed by atoms with Crippen molar-refractivity contribution in [2.45, 2.75) is 72.1 Å². The van der Waals surface area contributed by atoms with Crippen molar-refractivity contribution in [3.63, 3.8) is 0 Å². The number of hydrogen-bond acceptors (Lipinski definition) is 8. The highest BCUT2D eigenvalue weighted by atomic mass is 35.5. The van der Waals surface area contributed by atoms with Gasteiger partial charge in [0.05, 0.1) is 46.3 Å². The Balaban J connectivity index is 1.45. The number of carbonyl (C=O) groups is 1. The maximum atomic E-state index is 13.7. The van der Waals surface area contributed by atoms with Gasteiger partial charge < -0.3 is 14.4 Å². The van der Waals surface area contributed by atoms with E-state index in [0.717, 1.165) is 11.9 Å². The average molecular weight is 609 g/mol. The number of amides is 1. The first kappa shape index (κ1) is 30.2. The third-order valence-electron chi connectivity index (χ3n) is 7.40. The van der Waals surface area contributed by atoms with E-state index in [1.165, 1.54) is 18.3 Å². The molecular formula is C30H34ClFN8O3. The van der Waals surface area contributed by atoms with Gasteiger partial charge in [-0.2, -0.15) is 10.4 Å². The molecule has 13 heteroatoms. The SMILES string of the molecule is Cc1c(-c2cc(OC(c3ccc(F)cn3)C(C)(C)C#N)c3c(Cl)cnn3c2)nnn1C1CCN(C(=O)OC(C)(C)C)CC1.